The van der Waals surface area contributed by atoms with Gasteiger partial charge in [-0.25, -0.2) is 0 Å². The minimum Gasteiger partial charge on any atom is -0.491 e. The van der Waals surface area contributed by atoms with E-state index in [0.717, 1.165) is 51.6 Å². The van der Waals surface area contributed by atoms with Gasteiger partial charge in [-0.15, -0.1) is 0 Å². The molecule has 19 heavy (non-hydrogen) atoms. The molecular formula is C14H22ClN3O. The highest BCUT2D eigenvalue weighted by molar-refractivity contribution is 6.32. The van der Waals surface area contributed by atoms with Gasteiger partial charge in [-0.3, -0.25) is 9.80 Å². The fourth-order valence-electron chi connectivity index (χ4n) is 2.27. The molecule has 0 aromatic heterocycles. The molecule has 0 amide bonds. The quantitative estimate of drug-likeness (QED) is 0.854. The molecule has 0 aliphatic carbocycles. The van der Waals surface area contributed by atoms with Gasteiger partial charge in [-0.1, -0.05) is 23.7 Å². The highest BCUT2D eigenvalue weighted by Gasteiger charge is 2.15. The number of rotatable bonds is 6. The molecule has 5 heteroatoms. The smallest absolute Gasteiger partial charge is 0.137 e. The Balaban J connectivity index is 1.66. The van der Waals surface area contributed by atoms with Gasteiger partial charge in [-0.05, 0) is 12.1 Å². The largest absolute Gasteiger partial charge is 0.491 e. The molecule has 1 aliphatic rings. The molecule has 0 radical (unpaired) electrons. The van der Waals surface area contributed by atoms with Crippen LogP contribution >= 0.6 is 11.6 Å². The normalized spacial score (nSPS) is 17.6. The van der Waals surface area contributed by atoms with Crippen molar-refractivity contribution in [1.82, 2.24) is 9.80 Å². The Morgan fingerprint density at radius 1 is 1.05 bits per heavy atom. The van der Waals surface area contributed by atoms with E-state index in [1.165, 1.54) is 0 Å². The maximum absolute atomic E-state index is 6.04. The summed E-state index contributed by atoms with van der Waals surface area (Å²) in [5, 5.41) is 0.676. The summed E-state index contributed by atoms with van der Waals surface area (Å²) >= 11 is 6.04. The van der Waals surface area contributed by atoms with Crippen LogP contribution in [-0.4, -0.2) is 62.2 Å². The lowest BCUT2D eigenvalue weighted by atomic mass is 10.3. The van der Waals surface area contributed by atoms with E-state index in [0.29, 0.717) is 11.6 Å². The fourth-order valence-corrected chi connectivity index (χ4v) is 2.46. The summed E-state index contributed by atoms with van der Waals surface area (Å²) in [6.07, 6.45) is 0. The Hall–Kier alpha value is -0.810. The first-order valence-corrected chi connectivity index (χ1v) is 7.19. The lowest BCUT2D eigenvalue weighted by Gasteiger charge is -2.34. The molecule has 2 rings (SSSR count). The summed E-state index contributed by atoms with van der Waals surface area (Å²) in [5.41, 5.74) is 5.57. The number of piperazine rings is 1. The lowest BCUT2D eigenvalue weighted by molar-refractivity contribution is 0.119. The maximum atomic E-state index is 6.04. The first-order valence-electron chi connectivity index (χ1n) is 6.81. The summed E-state index contributed by atoms with van der Waals surface area (Å²) in [4.78, 5) is 4.83. The molecule has 0 bridgehead atoms. The van der Waals surface area contributed by atoms with Gasteiger partial charge in [-0.2, -0.15) is 0 Å². The SMILES string of the molecule is NCCN1CCN(CCOc2ccccc2Cl)CC1. The predicted molar refractivity (Wildman–Crippen MR) is 78.9 cm³/mol. The van der Waals surface area contributed by atoms with Crippen molar-refractivity contribution < 1.29 is 4.74 Å². The van der Waals surface area contributed by atoms with E-state index in [9.17, 15) is 0 Å². The Bertz CT molecular complexity index is 381. The number of nitrogens with two attached hydrogens (primary N) is 1. The van der Waals surface area contributed by atoms with Gasteiger partial charge >= 0.3 is 0 Å². The molecule has 4 nitrogen and oxygen atoms in total. The second-order valence-electron chi connectivity index (χ2n) is 4.75. The van der Waals surface area contributed by atoms with Crippen molar-refractivity contribution in [3.63, 3.8) is 0 Å². The molecule has 1 fully saturated rings. The Morgan fingerprint density at radius 2 is 1.68 bits per heavy atom. The zero-order valence-corrected chi connectivity index (χ0v) is 12.0. The first kappa shape index (κ1) is 14.6. The van der Waals surface area contributed by atoms with Gasteiger partial charge in [0.2, 0.25) is 0 Å². The third kappa shape index (κ3) is 4.66. The van der Waals surface area contributed by atoms with Gasteiger partial charge in [0.05, 0.1) is 5.02 Å². The van der Waals surface area contributed by atoms with Gasteiger partial charge in [0.1, 0.15) is 12.4 Å². The van der Waals surface area contributed by atoms with Crippen molar-refractivity contribution in [2.24, 2.45) is 5.73 Å². The van der Waals surface area contributed by atoms with Crippen LogP contribution in [0.2, 0.25) is 5.02 Å². The number of hydrogen-bond acceptors (Lipinski definition) is 4. The van der Waals surface area contributed by atoms with E-state index in [2.05, 4.69) is 9.80 Å². The number of nitrogens with zero attached hydrogens (tertiary/aromatic N) is 2. The van der Waals surface area contributed by atoms with Crippen LogP contribution in [0.5, 0.6) is 5.75 Å². The Morgan fingerprint density at radius 3 is 2.32 bits per heavy atom. The van der Waals surface area contributed by atoms with Crippen LogP contribution in [0.1, 0.15) is 0 Å². The number of hydrogen-bond donors (Lipinski definition) is 1. The molecule has 106 valence electrons. The predicted octanol–water partition coefficient (Wildman–Crippen LogP) is 1.30. The summed E-state index contributed by atoms with van der Waals surface area (Å²) in [6.45, 7) is 7.76. The summed E-state index contributed by atoms with van der Waals surface area (Å²) in [7, 11) is 0. The van der Waals surface area contributed by atoms with Gasteiger partial charge in [0.15, 0.2) is 0 Å². The van der Waals surface area contributed by atoms with Crippen molar-refractivity contribution in [3.05, 3.63) is 29.3 Å². The number of benzene rings is 1. The molecule has 1 aliphatic heterocycles. The van der Waals surface area contributed by atoms with Crippen molar-refractivity contribution in [1.29, 1.82) is 0 Å². The summed E-state index contributed by atoms with van der Waals surface area (Å²) in [5.74, 6) is 0.769. The standard InChI is InChI=1S/C14H22ClN3O/c15-13-3-1-2-4-14(13)19-12-11-18-9-7-17(6-5-16)8-10-18/h1-4H,5-12,16H2. The zero-order chi connectivity index (χ0) is 13.5. The van der Waals surface area contributed by atoms with Crippen LogP contribution in [0.15, 0.2) is 24.3 Å². The van der Waals surface area contributed by atoms with Gasteiger partial charge < -0.3 is 10.5 Å². The van der Waals surface area contributed by atoms with Crippen LogP contribution in [0, 0.1) is 0 Å². The fraction of sp³-hybridized carbons (Fsp3) is 0.571. The van der Waals surface area contributed by atoms with Crippen LogP contribution in [0.3, 0.4) is 0 Å². The average Bonchev–Trinajstić information content (AvgIpc) is 2.43. The minimum atomic E-state index is 0.676. The molecule has 1 heterocycles. The molecule has 2 N–H and O–H groups in total. The van der Waals surface area contributed by atoms with Crippen molar-refractivity contribution in [3.8, 4) is 5.75 Å². The number of halogens is 1. The zero-order valence-electron chi connectivity index (χ0n) is 11.2. The Labute approximate surface area is 120 Å². The second kappa shape index (κ2) is 7.70. The minimum absolute atomic E-state index is 0.676. The van der Waals surface area contributed by atoms with Crippen molar-refractivity contribution >= 4 is 11.6 Å². The maximum Gasteiger partial charge on any atom is 0.137 e. The third-order valence-electron chi connectivity index (χ3n) is 3.41. The van der Waals surface area contributed by atoms with E-state index in [-0.39, 0.29) is 0 Å². The van der Waals surface area contributed by atoms with E-state index in [1.807, 2.05) is 24.3 Å². The number of ether oxygens (including phenoxy) is 1. The molecule has 1 aromatic rings. The molecule has 1 aromatic carbocycles. The van der Waals surface area contributed by atoms with E-state index in [4.69, 9.17) is 22.1 Å². The highest BCUT2D eigenvalue weighted by Crippen LogP contribution is 2.22. The third-order valence-corrected chi connectivity index (χ3v) is 3.72. The van der Waals surface area contributed by atoms with Gasteiger partial charge in [0, 0.05) is 45.8 Å². The molecule has 0 atom stereocenters. The molecule has 0 saturated carbocycles. The lowest BCUT2D eigenvalue weighted by Crippen LogP contribution is -2.48. The van der Waals surface area contributed by atoms with E-state index >= 15 is 0 Å². The second-order valence-corrected chi connectivity index (χ2v) is 5.16. The van der Waals surface area contributed by atoms with Crippen LogP contribution in [0.4, 0.5) is 0 Å². The summed E-state index contributed by atoms with van der Waals surface area (Å²) in [6, 6.07) is 7.60. The van der Waals surface area contributed by atoms with Crippen molar-refractivity contribution in [2.75, 3.05) is 52.4 Å². The summed E-state index contributed by atoms with van der Waals surface area (Å²) < 4.78 is 5.71. The van der Waals surface area contributed by atoms with Crippen LogP contribution in [-0.2, 0) is 0 Å². The van der Waals surface area contributed by atoms with Gasteiger partial charge in [0.25, 0.3) is 0 Å². The monoisotopic (exact) mass is 283 g/mol. The molecule has 1 saturated heterocycles. The molecule has 0 unspecified atom stereocenters. The number of para-hydroxylation sites is 1. The highest BCUT2D eigenvalue weighted by atomic mass is 35.5. The molecular weight excluding hydrogens is 262 g/mol. The van der Waals surface area contributed by atoms with Crippen LogP contribution < -0.4 is 10.5 Å². The van der Waals surface area contributed by atoms with E-state index in [1.54, 1.807) is 0 Å². The topological polar surface area (TPSA) is 41.7 Å². The van der Waals surface area contributed by atoms with E-state index < -0.39 is 0 Å². The van der Waals surface area contributed by atoms with Crippen LogP contribution in [0.25, 0.3) is 0 Å². The first-order chi connectivity index (χ1) is 9.29. The Kier molecular flexibility index (Phi) is 5.92. The average molecular weight is 284 g/mol. The molecule has 0 spiro atoms. The van der Waals surface area contributed by atoms with Crippen molar-refractivity contribution in [2.45, 2.75) is 0 Å².